The molecule has 6 heteroatoms. The highest BCUT2D eigenvalue weighted by molar-refractivity contribution is 5.99. The summed E-state index contributed by atoms with van der Waals surface area (Å²) >= 11 is 0. The first-order chi connectivity index (χ1) is 18.2. The summed E-state index contributed by atoms with van der Waals surface area (Å²) in [5, 5.41) is 11.0. The maximum Gasteiger partial charge on any atom is 0.335 e. The summed E-state index contributed by atoms with van der Waals surface area (Å²) in [6.45, 7) is 7.86. The zero-order valence-corrected chi connectivity index (χ0v) is 22.7. The van der Waals surface area contributed by atoms with Crippen LogP contribution in [0.4, 0.5) is 0 Å². The van der Waals surface area contributed by atoms with Crippen molar-refractivity contribution in [2.45, 2.75) is 84.0 Å². The van der Waals surface area contributed by atoms with E-state index in [1.165, 1.54) is 41.6 Å². The molecule has 1 saturated carbocycles. The van der Waals surface area contributed by atoms with Gasteiger partial charge in [0, 0.05) is 36.1 Å². The molecule has 38 heavy (non-hydrogen) atoms. The third kappa shape index (κ3) is 4.23. The van der Waals surface area contributed by atoms with E-state index >= 15 is 0 Å². The molecular formula is C32H38N2O4. The lowest BCUT2D eigenvalue weighted by molar-refractivity contribution is -0.153. The Morgan fingerprint density at radius 1 is 1.00 bits per heavy atom. The maximum atomic E-state index is 14.3. The molecule has 6 rings (SSSR count). The van der Waals surface area contributed by atoms with Gasteiger partial charge in [-0.1, -0.05) is 49.6 Å². The van der Waals surface area contributed by atoms with Gasteiger partial charge in [0.25, 0.3) is 0 Å². The van der Waals surface area contributed by atoms with Crippen molar-refractivity contribution in [3.63, 3.8) is 0 Å². The number of benzene rings is 2. The number of amides is 1. The fraction of sp³-hybridized carbons (Fsp3) is 0.500. The van der Waals surface area contributed by atoms with Gasteiger partial charge in [-0.25, -0.2) is 4.79 Å². The predicted molar refractivity (Wildman–Crippen MR) is 149 cm³/mol. The summed E-state index contributed by atoms with van der Waals surface area (Å²) in [5.41, 5.74) is 5.44. The number of carboxylic acid groups (broad SMARTS) is 1. The van der Waals surface area contributed by atoms with Crippen LogP contribution in [0, 0.1) is 5.41 Å². The van der Waals surface area contributed by atoms with Crippen LogP contribution in [-0.4, -0.2) is 51.7 Å². The topological polar surface area (TPSA) is 71.8 Å². The number of nitrogens with zero attached hydrogens (tertiary/aromatic N) is 2. The second-order valence-corrected chi connectivity index (χ2v) is 12.1. The van der Waals surface area contributed by atoms with Gasteiger partial charge in [-0.3, -0.25) is 4.79 Å². The van der Waals surface area contributed by atoms with Crippen molar-refractivity contribution in [3.8, 4) is 11.3 Å². The van der Waals surface area contributed by atoms with Gasteiger partial charge < -0.3 is 19.3 Å². The van der Waals surface area contributed by atoms with E-state index in [2.05, 4.69) is 35.8 Å². The highest BCUT2D eigenvalue weighted by atomic mass is 16.5. The Morgan fingerprint density at radius 2 is 1.71 bits per heavy atom. The highest BCUT2D eigenvalue weighted by Crippen LogP contribution is 2.48. The van der Waals surface area contributed by atoms with Crippen LogP contribution >= 0.6 is 0 Å². The molecule has 2 fully saturated rings. The number of aromatic carboxylic acids is 1. The minimum atomic E-state index is -0.925. The van der Waals surface area contributed by atoms with Gasteiger partial charge in [0.2, 0.25) is 5.91 Å². The molecule has 0 spiro atoms. The van der Waals surface area contributed by atoms with Crippen LogP contribution in [0.15, 0.2) is 42.5 Å². The van der Waals surface area contributed by atoms with E-state index in [-0.39, 0.29) is 23.7 Å². The molecule has 0 bridgehead atoms. The van der Waals surface area contributed by atoms with Crippen molar-refractivity contribution >= 4 is 22.8 Å². The molecule has 200 valence electrons. The number of carboxylic acids is 1. The molecule has 1 saturated heterocycles. The Bertz CT molecular complexity index is 1390. The third-order valence-electron chi connectivity index (χ3n) is 8.95. The SMILES string of the molecule is C[C@@H]1CN(C(=O)C2(C)Cc3ccccc3-c3c(C4CCCCC4)c4ccc(C(=O)O)cc4n3C2)C[C@H](C)O1. The summed E-state index contributed by atoms with van der Waals surface area (Å²) in [4.78, 5) is 28.3. The molecule has 1 unspecified atom stereocenters. The lowest BCUT2D eigenvalue weighted by Gasteiger charge is -2.40. The van der Waals surface area contributed by atoms with Gasteiger partial charge in [0.1, 0.15) is 0 Å². The van der Waals surface area contributed by atoms with Gasteiger partial charge in [-0.2, -0.15) is 0 Å². The Balaban J connectivity index is 1.57. The van der Waals surface area contributed by atoms with Crippen LogP contribution in [0.1, 0.15) is 80.3 Å². The molecule has 2 aliphatic heterocycles. The predicted octanol–water partition coefficient (Wildman–Crippen LogP) is 6.25. The molecule has 3 atom stereocenters. The summed E-state index contributed by atoms with van der Waals surface area (Å²) < 4.78 is 8.23. The number of hydrogen-bond donors (Lipinski definition) is 1. The maximum absolute atomic E-state index is 14.3. The number of aromatic nitrogens is 1. The molecule has 0 radical (unpaired) electrons. The number of carbonyl (C=O) groups excluding carboxylic acids is 1. The fourth-order valence-corrected chi connectivity index (χ4v) is 7.37. The van der Waals surface area contributed by atoms with Crippen molar-refractivity contribution in [2.75, 3.05) is 13.1 Å². The van der Waals surface area contributed by atoms with E-state index in [1.54, 1.807) is 6.07 Å². The smallest absolute Gasteiger partial charge is 0.335 e. The lowest BCUT2D eigenvalue weighted by atomic mass is 9.79. The second-order valence-electron chi connectivity index (χ2n) is 12.1. The number of ether oxygens (including phenoxy) is 1. The summed E-state index contributed by atoms with van der Waals surface area (Å²) in [5.74, 6) is -0.337. The molecule has 1 aromatic heterocycles. The average Bonchev–Trinajstić information content (AvgIpc) is 3.13. The molecule has 3 heterocycles. The summed E-state index contributed by atoms with van der Waals surface area (Å²) in [6, 6.07) is 14.1. The highest BCUT2D eigenvalue weighted by Gasteiger charge is 2.43. The molecular weight excluding hydrogens is 476 g/mol. The number of fused-ring (bicyclic) bond motifs is 5. The van der Waals surface area contributed by atoms with Crippen LogP contribution in [0.2, 0.25) is 0 Å². The molecule has 3 aromatic rings. The second kappa shape index (κ2) is 9.57. The van der Waals surface area contributed by atoms with Crippen LogP contribution in [0.5, 0.6) is 0 Å². The van der Waals surface area contributed by atoms with Gasteiger partial charge in [0.15, 0.2) is 0 Å². The van der Waals surface area contributed by atoms with Gasteiger partial charge in [-0.15, -0.1) is 0 Å². The normalized spacial score (nSPS) is 26.0. The Hall–Kier alpha value is -3.12. The molecule has 3 aliphatic rings. The number of hydrogen-bond acceptors (Lipinski definition) is 3. The van der Waals surface area contributed by atoms with E-state index in [4.69, 9.17) is 4.74 Å². The first-order valence-corrected chi connectivity index (χ1v) is 14.2. The van der Waals surface area contributed by atoms with Gasteiger partial charge in [-0.05, 0) is 69.2 Å². The first kappa shape index (κ1) is 25.2. The van der Waals surface area contributed by atoms with Gasteiger partial charge >= 0.3 is 5.97 Å². The number of carbonyl (C=O) groups is 2. The minimum absolute atomic E-state index is 0.00311. The Labute approximate surface area is 224 Å². The molecule has 1 N–H and O–H groups in total. The van der Waals surface area contributed by atoms with Crippen molar-refractivity contribution in [1.29, 1.82) is 0 Å². The van der Waals surface area contributed by atoms with Crippen LogP contribution < -0.4 is 0 Å². The van der Waals surface area contributed by atoms with Crippen molar-refractivity contribution in [3.05, 3.63) is 59.2 Å². The summed E-state index contributed by atoms with van der Waals surface area (Å²) in [7, 11) is 0. The average molecular weight is 515 g/mol. The van der Waals surface area contributed by atoms with Crippen molar-refractivity contribution in [2.24, 2.45) is 5.41 Å². The van der Waals surface area contributed by atoms with E-state index < -0.39 is 11.4 Å². The van der Waals surface area contributed by atoms with Gasteiger partial charge in [0.05, 0.1) is 28.9 Å². The van der Waals surface area contributed by atoms with E-state index in [9.17, 15) is 14.7 Å². The van der Waals surface area contributed by atoms with E-state index in [1.807, 2.05) is 30.9 Å². The summed E-state index contributed by atoms with van der Waals surface area (Å²) in [6.07, 6.45) is 6.65. The standard InChI is InChI=1S/C32H38N2O4/c1-20-17-33(18-21(2)38-20)31(37)32(3)16-24-11-7-8-12-25(24)29-28(22-9-5-4-6-10-22)26-14-13-23(30(35)36)15-27(26)34(29)19-32/h7-8,11-15,20-22H,4-6,9-10,16-19H2,1-3H3,(H,35,36)/t20-,21+,32?. The minimum Gasteiger partial charge on any atom is -0.478 e. The quantitative estimate of drug-likeness (QED) is 0.448. The molecule has 2 aromatic carbocycles. The molecule has 6 nitrogen and oxygen atoms in total. The van der Waals surface area contributed by atoms with E-state index in [0.29, 0.717) is 32.0 Å². The zero-order valence-electron chi connectivity index (χ0n) is 22.7. The monoisotopic (exact) mass is 514 g/mol. The largest absolute Gasteiger partial charge is 0.478 e. The Kier molecular flexibility index (Phi) is 6.34. The van der Waals surface area contributed by atoms with Crippen LogP contribution in [0.3, 0.4) is 0 Å². The number of morpholine rings is 1. The fourth-order valence-electron chi connectivity index (χ4n) is 7.37. The van der Waals surface area contributed by atoms with Crippen molar-refractivity contribution < 1.29 is 19.4 Å². The Morgan fingerprint density at radius 3 is 2.42 bits per heavy atom. The van der Waals surface area contributed by atoms with Crippen molar-refractivity contribution in [1.82, 2.24) is 9.47 Å². The third-order valence-corrected chi connectivity index (χ3v) is 8.95. The molecule has 1 amide bonds. The number of rotatable bonds is 3. The lowest BCUT2D eigenvalue weighted by Crippen LogP contribution is -2.54. The zero-order chi connectivity index (χ0) is 26.6. The first-order valence-electron chi connectivity index (χ1n) is 14.2. The molecule has 1 aliphatic carbocycles. The van der Waals surface area contributed by atoms with E-state index in [0.717, 1.165) is 23.7 Å². The van der Waals surface area contributed by atoms with Crippen LogP contribution in [-0.2, 0) is 22.5 Å². The van der Waals surface area contributed by atoms with Crippen LogP contribution in [0.25, 0.3) is 22.2 Å².